The molecule has 1 aromatic carbocycles. The zero-order valence-electron chi connectivity index (χ0n) is 12.0. The number of carbonyl (C=O) groups is 1. The third-order valence-corrected chi connectivity index (χ3v) is 4.78. The molecule has 3 heterocycles. The van der Waals surface area contributed by atoms with Gasteiger partial charge in [-0.15, -0.1) is 11.3 Å². The summed E-state index contributed by atoms with van der Waals surface area (Å²) < 4.78 is 1.98. The van der Waals surface area contributed by atoms with Crippen LogP contribution in [0.15, 0.2) is 40.7 Å². The molecule has 5 nitrogen and oxygen atoms in total. The van der Waals surface area contributed by atoms with Crippen LogP contribution < -0.4 is 10.9 Å². The van der Waals surface area contributed by atoms with Crippen LogP contribution >= 0.6 is 11.3 Å². The molecular weight excluding hydrogens is 296 g/mol. The normalized spacial score (nSPS) is 14.1. The third-order valence-electron chi connectivity index (χ3n) is 3.78. The summed E-state index contributed by atoms with van der Waals surface area (Å²) in [6, 6.07) is 9.83. The first-order valence-corrected chi connectivity index (χ1v) is 7.98. The average Bonchev–Trinajstić information content (AvgIpc) is 3.16. The van der Waals surface area contributed by atoms with Gasteiger partial charge in [-0.2, -0.15) is 4.99 Å². The van der Waals surface area contributed by atoms with Gasteiger partial charge < -0.3 is 5.32 Å². The zero-order valence-corrected chi connectivity index (χ0v) is 12.9. The quantitative estimate of drug-likeness (QED) is 0.751. The van der Waals surface area contributed by atoms with E-state index in [1.54, 1.807) is 0 Å². The van der Waals surface area contributed by atoms with Gasteiger partial charge in [-0.25, -0.2) is 4.98 Å². The second kappa shape index (κ2) is 5.06. The van der Waals surface area contributed by atoms with E-state index in [4.69, 9.17) is 0 Å². The lowest BCUT2D eigenvalue weighted by Gasteiger charge is -2.07. The minimum atomic E-state index is -0.225. The largest absolute Gasteiger partial charge is 0.369 e. The molecule has 1 aliphatic rings. The molecule has 110 valence electrons. The van der Waals surface area contributed by atoms with E-state index in [2.05, 4.69) is 15.3 Å². The summed E-state index contributed by atoms with van der Waals surface area (Å²) >= 11 is 1.42. The Labute approximate surface area is 131 Å². The number of rotatable bonds is 1. The van der Waals surface area contributed by atoms with Crippen molar-refractivity contribution in [1.82, 2.24) is 9.55 Å². The number of hydrogen-bond acceptors (Lipinski definition) is 4. The highest BCUT2D eigenvalue weighted by molar-refractivity contribution is 7.12. The van der Waals surface area contributed by atoms with Gasteiger partial charge in [0.2, 0.25) is 5.62 Å². The van der Waals surface area contributed by atoms with Crippen LogP contribution in [0.4, 0.5) is 5.82 Å². The Morgan fingerprint density at radius 3 is 3.05 bits per heavy atom. The fourth-order valence-corrected chi connectivity index (χ4v) is 3.50. The number of aryl methyl sites for hydroxylation is 1. The van der Waals surface area contributed by atoms with Crippen LogP contribution in [0.3, 0.4) is 0 Å². The summed E-state index contributed by atoms with van der Waals surface area (Å²) in [5, 5.41) is 6.32. The summed E-state index contributed by atoms with van der Waals surface area (Å²) in [4.78, 5) is 21.9. The molecule has 0 bridgehead atoms. The van der Waals surface area contributed by atoms with E-state index in [9.17, 15) is 4.79 Å². The lowest BCUT2D eigenvalue weighted by Crippen LogP contribution is -2.24. The van der Waals surface area contributed by atoms with Crippen molar-refractivity contribution in [3.05, 3.63) is 51.8 Å². The van der Waals surface area contributed by atoms with E-state index in [-0.39, 0.29) is 5.91 Å². The molecule has 1 N–H and O–H groups in total. The monoisotopic (exact) mass is 310 g/mol. The zero-order chi connectivity index (χ0) is 15.1. The summed E-state index contributed by atoms with van der Waals surface area (Å²) in [5.74, 6) is 0.761. The molecule has 4 rings (SSSR count). The first kappa shape index (κ1) is 13.2. The number of fused-ring (bicyclic) bond motifs is 3. The number of para-hydroxylation sites is 1. The Kier molecular flexibility index (Phi) is 3.04. The number of thiophene rings is 1. The van der Waals surface area contributed by atoms with Crippen molar-refractivity contribution in [3.8, 4) is 0 Å². The number of amides is 1. The number of anilines is 1. The molecule has 0 saturated carbocycles. The fraction of sp³-hybridized carbons (Fsp3) is 0.188. The minimum absolute atomic E-state index is 0.225. The van der Waals surface area contributed by atoms with Crippen molar-refractivity contribution in [2.75, 3.05) is 11.9 Å². The molecule has 0 saturated heterocycles. The molecule has 22 heavy (non-hydrogen) atoms. The minimum Gasteiger partial charge on any atom is -0.369 e. The summed E-state index contributed by atoms with van der Waals surface area (Å²) in [5.41, 5.74) is 2.27. The maximum atomic E-state index is 12.4. The molecular formula is C16H14N4OS. The van der Waals surface area contributed by atoms with Crippen molar-refractivity contribution in [2.24, 2.45) is 4.99 Å². The predicted molar refractivity (Wildman–Crippen MR) is 87.2 cm³/mol. The van der Waals surface area contributed by atoms with Gasteiger partial charge in [-0.05, 0) is 36.1 Å². The second-order valence-corrected chi connectivity index (χ2v) is 6.12. The Morgan fingerprint density at radius 1 is 1.36 bits per heavy atom. The first-order chi connectivity index (χ1) is 10.7. The topological polar surface area (TPSA) is 59.3 Å². The highest BCUT2D eigenvalue weighted by Gasteiger charge is 2.16. The van der Waals surface area contributed by atoms with E-state index >= 15 is 0 Å². The summed E-state index contributed by atoms with van der Waals surface area (Å²) in [6.45, 7) is 3.51. The number of nitrogens with one attached hydrogen (secondary N) is 1. The molecule has 2 aromatic heterocycles. The van der Waals surface area contributed by atoms with Crippen molar-refractivity contribution in [3.63, 3.8) is 0 Å². The molecule has 0 spiro atoms. The van der Waals surface area contributed by atoms with E-state index in [1.807, 2.05) is 47.2 Å². The lowest BCUT2D eigenvalue weighted by atomic mass is 10.2. The number of benzene rings is 1. The molecule has 0 fully saturated rings. The molecule has 0 aliphatic carbocycles. The summed E-state index contributed by atoms with van der Waals surface area (Å²) in [7, 11) is 0. The van der Waals surface area contributed by atoms with Gasteiger partial charge in [0.25, 0.3) is 5.91 Å². The van der Waals surface area contributed by atoms with Crippen LogP contribution in [0.2, 0.25) is 0 Å². The molecule has 1 amide bonds. The second-order valence-electron chi connectivity index (χ2n) is 5.21. The number of carbonyl (C=O) groups excluding carboxylic acids is 1. The van der Waals surface area contributed by atoms with Gasteiger partial charge in [-0.3, -0.25) is 9.36 Å². The van der Waals surface area contributed by atoms with Crippen LogP contribution in [-0.2, 0) is 6.54 Å². The van der Waals surface area contributed by atoms with Gasteiger partial charge in [-0.1, -0.05) is 12.1 Å². The van der Waals surface area contributed by atoms with Crippen LogP contribution in [0.5, 0.6) is 0 Å². The maximum Gasteiger partial charge on any atom is 0.290 e. The van der Waals surface area contributed by atoms with Crippen LogP contribution in [0.25, 0.3) is 10.9 Å². The smallest absolute Gasteiger partial charge is 0.290 e. The lowest BCUT2D eigenvalue weighted by molar-refractivity contribution is 0.1000. The highest BCUT2D eigenvalue weighted by atomic mass is 32.1. The number of hydrogen-bond donors (Lipinski definition) is 1. The molecule has 0 atom stereocenters. The van der Waals surface area contributed by atoms with Crippen molar-refractivity contribution < 1.29 is 4.79 Å². The van der Waals surface area contributed by atoms with Crippen molar-refractivity contribution >= 4 is 34.0 Å². The SMILES string of the molecule is Cc1ccsc1C(=O)N=c1nc2ccccc2c2n1CCN2. The van der Waals surface area contributed by atoms with E-state index in [1.165, 1.54) is 11.3 Å². The predicted octanol–water partition coefficient (Wildman–Crippen LogP) is 2.57. The van der Waals surface area contributed by atoms with E-state index in [0.717, 1.165) is 35.4 Å². The van der Waals surface area contributed by atoms with Gasteiger partial charge in [0.05, 0.1) is 10.4 Å². The molecule has 6 heteroatoms. The van der Waals surface area contributed by atoms with Gasteiger partial charge in [0.15, 0.2) is 0 Å². The molecule has 3 aromatic rings. The Morgan fingerprint density at radius 2 is 2.23 bits per heavy atom. The molecule has 0 unspecified atom stereocenters. The number of nitrogens with zero attached hydrogens (tertiary/aromatic N) is 3. The Balaban J connectivity index is 1.94. The molecule has 1 aliphatic heterocycles. The highest BCUT2D eigenvalue weighted by Crippen LogP contribution is 2.22. The Hall–Kier alpha value is -2.47. The van der Waals surface area contributed by atoms with Crippen LogP contribution in [0, 0.1) is 6.92 Å². The van der Waals surface area contributed by atoms with Gasteiger partial charge >= 0.3 is 0 Å². The maximum absolute atomic E-state index is 12.4. The Bertz CT molecular complexity index is 954. The van der Waals surface area contributed by atoms with Crippen molar-refractivity contribution in [1.29, 1.82) is 0 Å². The average molecular weight is 310 g/mol. The standard InChI is InChI=1S/C16H14N4OS/c1-10-6-9-22-13(10)15(21)19-16-18-12-5-3-2-4-11(12)14-17-7-8-20(14)16/h2-6,9,17H,7-8H2,1H3. The van der Waals surface area contributed by atoms with Gasteiger partial charge in [0.1, 0.15) is 5.82 Å². The van der Waals surface area contributed by atoms with Crippen LogP contribution in [0.1, 0.15) is 15.2 Å². The summed E-state index contributed by atoms with van der Waals surface area (Å²) in [6.07, 6.45) is 0. The van der Waals surface area contributed by atoms with E-state index in [0.29, 0.717) is 10.5 Å². The number of aromatic nitrogens is 2. The fourth-order valence-electron chi connectivity index (χ4n) is 2.69. The van der Waals surface area contributed by atoms with Gasteiger partial charge in [0, 0.05) is 18.5 Å². The van der Waals surface area contributed by atoms with Crippen LogP contribution in [-0.4, -0.2) is 22.0 Å². The van der Waals surface area contributed by atoms with Crippen molar-refractivity contribution in [2.45, 2.75) is 13.5 Å². The molecule has 0 radical (unpaired) electrons. The first-order valence-electron chi connectivity index (χ1n) is 7.10. The third kappa shape index (κ3) is 2.03. The van der Waals surface area contributed by atoms with E-state index < -0.39 is 0 Å².